The molecule has 0 spiro atoms. The molecule has 0 aromatic heterocycles. The van der Waals surface area contributed by atoms with Gasteiger partial charge in [-0.3, -0.25) is 0 Å². The second-order valence-electron chi connectivity index (χ2n) is 1.60. The van der Waals surface area contributed by atoms with Crippen molar-refractivity contribution in [2.75, 3.05) is 0 Å². The molecule has 0 aliphatic carbocycles. The predicted molar refractivity (Wildman–Crippen MR) is 37.0 cm³/mol. The second-order valence-corrected chi connectivity index (χ2v) is 7.86. The van der Waals surface area contributed by atoms with E-state index in [9.17, 15) is 9.79 Å². The molecule has 0 atom stereocenters. The largest absolute Gasteiger partial charge is 2.00 e. The minimum absolute atomic E-state index is 0. The third-order valence-corrected chi connectivity index (χ3v) is 3.83. The molecule has 0 saturated carbocycles. The molecule has 2 nitrogen and oxygen atoms in total. The van der Waals surface area contributed by atoms with Gasteiger partial charge in [0.15, 0.2) is 0 Å². The zero-order chi connectivity index (χ0) is 6.78. The van der Waals surface area contributed by atoms with E-state index in [1.165, 1.54) is 0 Å². The van der Waals surface area contributed by atoms with Crippen LogP contribution in [0.1, 0.15) is 13.8 Å². The van der Waals surface area contributed by atoms with Gasteiger partial charge in [-0.15, -0.1) is 11.8 Å². The van der Waals surface area contributed by atoms with E-state index >= 15 is 0 Å². The molecule has 0 fully saturated rings. The van der Waals surface area contributed by atoms with E-state index in [2.05, 4.69) is 11.8 Å². The molecule has 0 rings (SSSR count). The summed E-state index contributed by atoms with van der Waals surface area (Å²) in [7, 11) is 0. The Morgan fingerprint density at radius 1 is 1.44 bits per heavy atom. The monoisotopic (exact) mass is 233 g/mol. The van der Waals surface area contributed by atoms with Gasteiger partial charge in [-0.1, -0.05) is 13.8 Å². The van der Waals surface area contributed by atoms with Gasteiger partial charge in [-0.25, -0.2) is 0 Å². The van der Waals surface area contributed by atoms with E-state index in [1.54, 1.807) is 13.8 Å². The number of rotatable bonds is 2. The van der Waals surface area contributed by atoms with Gasteiger partial charge in [-0.05, 0) is 0 Å². The Bertz CT molecular complexity index is 112. The summed E-state index contributed by atoms with van der Waals surface area (Å²) in [5.41, 5.74) is -3.47. The Morgan fingerprint density at radius 3 is 1.78 bits per heavy atom. The summed E-state index contributed by atoms with van der Waals surface area (Å²) in [5, 5.41) is 0.0795. The minimum atomic E-state index is -3.47. The Labute approximate surface area is 74.8 Å². The number of hydrogen-bond donors (Lipinski definition) is 0. The molecule has 0 aliphatic rings. The van der Waals surface area contributed by atoms with Crippen molar-refractivity contribution >= 4 is 28.9 Å². The summed E-state index contributed by atoms with van der Waals surface area (Å²) in [6.07, 6.45) is 0. The predicted octanol–water partition coefficient (Wildman–Crippen LogP) is 0.0706. The zero-order valence-corrected chi connectivity index (χ0v) is 8.43. The van der Waals surface area contributed by atoms with Crippen LogP contribution in [-0.2, 0) is 28.9 Å². The van der Waals surface area contributed by atoms with Gasteiger partial charge in [-0.2, -0.15) is 17.1 Å². The molecule has 0 saturated heterocycles. The standard InChI is InChI=1S/C3H9O2PS2.Cu/c1-3(2)8-6(4,5)7;/h3H,1-2H3,(H2,4,5,7);/q;+2/p-2. The smallest absolute Gasteiger partial charge is 0.825 e. The van der Waals surface area contributed by atoms with Crippen molar-refractivity contribution < 1.29 is 26.9 Å². The Kier molecular flexibility index (Phi) is 7.46. The van der Waals surface area contributed by atoms with Crippen LogP contribution in [0.4, 0.5) is 0 Å². The van der Waals surface area contributed by atoms with Crippen LogP contribution in [-0.4, -0.2) is 5.25 Å². The van der Waals surface area contributed by atoms with Crippen LogP contribution >= 0.6 is 17.1 Å². The van der Waals surface area contributed by atoms with Gasteiger partial charge in [0.25, 0.3) is 0 Å². The van der Waals surface area contributed by atoms with Crippen molar-refractivity contribution in [3.63, 3.8) is 0 Å². The summed E-state index contributed by atoms with van der Waals surface area (Å²) in [4.78, 5) is 20.5. The zero-order valence-electron chi connectivity index (χ0n) is 4.96. The second kappa shape index (κ2) is 5.14. The Balaban J connectivity index is 0. The normalized spacial score (nSPS) is 11.2. The van der Waals surface area contributed by atoms with Gasteiger partial charge in [0, 0.05) is 5.25 Å². The average Bonchev–Trinajstić information content (AvgIpc) is 1.21. The van der Waals surface area contributed by atoms with Gasteiger partial charge < -0.3 is 9.79 Å². The quantitative estimate of drug-likeness (QED) is 0.500. The Morgan fingerprint density at radius 2 is 1.78 bits per heavy atom. The average molecular weight is 234 g/mol. The SMILES string of the molecule is CC(C)SP([O-])([O-])=S.[Cu+2]. The summed E-state index contributed by atoms with van der Waals surface area (Å²) in [5.74, 6) is 0. The number of hydrogen-bond acceptors (Lipinski definition) is 4. The fourth-order valence-electron chi connectivity index (χ4n) is 0.258. The van der Waals surface area contributed by atoms with Crippen LogP contribution < -0.4 is 9.79 Å². The van der Waals surface area contributed by atoms with Crippen molar-refractivity contribution in [3.05, 3.63) is 0 Å². The van der Waals surface area contributed by atoms with Gasteiger partial charge in [0.05, 0.1) is 0 Å². The molecule has 0 bridgehead atoms. The molecule has 1 radical (unpaired) electrons. The molecule has 9 heavy (non-hydrogen) atoms. The maximum Gasteiger partial charge on any atom is 2.00 e. The fourth-order valence-corrected chi connectivity index (χ4v) is 3.87. The molecule has 0 aromatic carbocycles. The summed E-state index contributed by atoms with van der Waals surface area (Å²) >= 11 is 4.95. The molecule has 6 heteroatoms. The van der Waals surface area contributed by atoms with E-state index in [1.807, 2.05) is 0 Å². The van der Waals surface area contributed by atoms with Gasteiger partial charge in [0.1, 0.15) is 0 Å². The molecule has 59 valence electrons. The molecular weight excluding hydrogens is 227 g/mol. The maximum atomic E-state index is 10.2. The maximum absolute atomic E-state index is 10.2. The van der Waals surface area contributed by atoms with Crippen molar-refractivity contribution in [1.82, 2.24) is 0 Å². The molecule has 0 N–H and O–H groups in total. The summed E-state index contributed by atoms with van der Waals surface area (Å²) in [6.45, 7) is 3.59. The van der Waals surface area contributed by atoms with Crippen LogP contribution in [0.3, 0.4) is 0 Å². The first kappa shape index (κ1) is 13.1. The van der Waals surface area contributed by atoms with Crippen molar-refractivity contribution in [3.8, 4) is 0 Å². The van der Waals surface area contributed by atoms with Crippen LogP contribution in [0.25, 0.3) is 0 Å². The molecule has 0 unspecified atom stereocenters. The molecule has 0 amide bonds. The van der Waals surface area contributed by atoms with E-state index in [4.69, 9.17) is 0 Å². The molecule has 0 aromatic rings. The van der Waals surface area contributed by atoms with E-state index < -0.39 is 5.69 Å². The first-order valence-electron chi connectivity index (χ1n) is 2.12. The third kappa shape index (κ3) is 12.6. The van der Waals surface area contributed by atoms with Gasteiger partial charge in [0.2, 0.25) is 0 Å². The third-order valence-electron chi connectivity index (χ3n) is 0.340. The minimum Gasteiger partial charge on any atom is -0.825 e. The van der Waals surface area contributed by atoms with Gasteiger partial charge >= 0.3 is 17.1 Å². The topological polar surface area (TPSA) is 46.1 Å². The first-order valence-corrected chi connectivity index (χ1v) is 6.24. The van der Waals surface area contributed by atoms with Crippen molar-refractivity contribution in [2.24, 2.45) is 0 Å². The Hall–Kier alpha value is 1.44. The van der Waals surface area contributed by atoms with Crippen LogP contribution in [0.5, 0.6) is 0 Å². The fraction of sp³-hybridized carbons (Fsp3) is 1.00. The van der Waals surface area contributed by atoms with Crippen LogP contribution in [0.2, 0.25) is 0 Å². The summed E-state index contributed by atoms with van der Waals surface area (Å²) in [6, 6.07) is 0. The van der Waals surface area contributed by atoms with E-state index in [0.29, 0.717) is 0 Å². The van der Waals surface area contributed by atoms with E-state index in [-0.39, 0.29) is 22.3 Å². The summed E-state index contributed by atoms with van der Waals surface area (Å²) < 4.78 is 0. The van der Waals surface area contributed by atoms with Crippen molar-refractivity contribution in [2.45, 2.75) is 19.1 Å². The van der Waals surface area contributed by atoms with E-state index in [0.717, 1.165) is 11.4 Å². The van der Waals surface area contributed by atoms with Crippen molar-refractivity contribution in [1.29, 1.82) is 0 Å². The first-order chi connectivity index (χ1) is 3.42. The molecule has 0 heterocycles. The molecular formula is C3H7CuO2PS2. The van der Waals surface area contributed by atoms with Crippen LogP contribution in [0.15, 0.2) is 0 Å². The van der Waals surface area contributed by atoms with Crippen LogP contribution in [0, 0.1) is 0 Å². The molecule has 0 aliphatic heterocycles.